The average Bonchev–Trinajstić information content (AvgIpc) is 2.03. The molecule has 2 nitrogen and oxygen atoms in total. The van der Waals surface area contributed by atoms with Gasteiger partial charge in [0.15, 0.2) is 0 Å². The third kappa shape index (κ3) is 2.33. The molecule has 0 amide bonds. The van der Waals surface area contributed by atoms with Gasteiger partial charge < -0.3 is 4.74 Å². The summed E-state index contributed by atoms with van der Waals surface area (Å²) in [5, 5.41) is 0. The second kappa shape index (κ2) is 3.53. The van der Waals surface area contributed by atoms with E-state index in [2.05, 4.69) is 20.9 Å². The van der Waals surface area contributed by atoms with Crippen LogP contribution < -0.4 is 4.74 Å². The molecule has 0 aliphatic heterocycles. The van der Waals surface area contributed by atoms with Gasteiger partial charge in [-0.3, -0.25) is 4.98 Å². The summed E-state index contributed by atoms with van der Waals surface area (Å²) in [5.74, 6) is 0.113. The van der Waals surface area contributed by atoms with E-state index in [4.69, 9.17) is 4.74 Å². The van der Waals surface area contributed by atoms with Crippen molar-refractivity contribution in [2.24, 2.45) is 0 Å². The molecule has 0 unspecified atom stereocenters. The molecule has 1 aromatic heterocycles. The third-order valence-electron chi connectivity index (χ3n) is 1.33. The van der Waals surface area contributed by atoms with Crippen LogP contribution in [-0.2, 0) is 6.18 Å². The molecular weight excluding hydrogens is 251 g/mol. The van der Waals surface area contributed by atoms with Gasteiger partial charge in [-0.2, -0.15) is 13.2 Å². The summed E-state index contributed by atoms with van der Waals surface area (Å²) in [4.78, 5) is 3.21. The summed E-state index contributed by atoms with van der Waals surface area (Å²) >= 11 is 3.00. The van der Waals surface area contributed by atoms with Crippen LogP contribution in [0.1, 0.15) is 5.69 Å². The highest BCUT2D eigenvalue weighted by atomic mass is 79.9. The van der Waals surface area contributed by atoms with E-state index in [-0.39, 0.29) is 5.75 Å². The fraction of sp³-hybridized carbons (Fsp3) is 0.286. The van der Waals surface area contributed by atoms with Crippen LogP contribution in [-0.4, -0.2) is 12.1 Å². The highest BCUT2D eigenvalue weighted by Gasteiger charge is 2.33. The molecule has 0 atom stereocenters. The summed E-state index contributed by atoms with van der Waals surface area (Å²) < 4.78 is 41.4. The highest BCUT2D eigenvalue weighted by Crippen LogP contribution is 2.32. The van der Waals surface area contributed by atoms with E-state index in [1.165, 1.54) is 7.11 Å². The van der Waals surface area contributed by atoms with Crippen LogP contribution in [0.15, 0.2) is 16.7 Å². The zero-order valence-corrected chi connectivity index (χ0v) is 8.11. The van der Waals surface area contributed by atoms with Crippen molar-refractivity contribution in [2.75, 3.05) is 7.11 Å². The van der Waals surface area contributed by atoms with Crippen molar-refractivity contribution in [3.63, 3.8) is 0 Å². The second-order valence-electron chi connectivity index (χ2n) is 2.20. The molecule has 1 aromatic rings. The van der Waals surface area contributed by atoms with Crippen molar-refractivity contribution >= 4 is 15.9 Å². The number of methoxy groups -OCH3 is 1. The maximum atomic E-state index is 12.1. The van der Waals surface area contributed by atoms with E-state index in [1.807, 2.05) is 0 Å². The van der Waals surface area contributed by atoms with Gasteiger partial charge in [-0.05, 0) is 15.9 Å². The molecule has 13 heavy (non-hydrogen) atoms. The van der Waals surface area contributed by atoms with Crippen LogP contribution in [0.3, 0.4) is 0 Å². The largest absolute Gasteiger partial charge is 0.495 e. The number of pyridine rings is 1. The maximum absolute atomic E-state index is 12.1. The fourth-order valence-corrected chi connectivity index (χ4v) is 1.11. The zero-order chi connectivity index (χ0) is 10.1. The van der Waals surface area contributed by atoms with E-state index in [0.717, 1.165) is 12.3 Å². The lowest BCUT2D eigenvalue weighted by atomic mass is 10.3. The quantitative estimate of drug-likeness (QED) is 0.770. The zero-order valence-electron chi connectivity index (χ0n) is 6.52. The molecule has 72 valence electrons. The number of hydrogen-bond donors (Lipinski definition) is 0. The van der Waals surface area contributed by atoms with Gasteiger partial charge in [-0.1, -0.05) is 0 Å². The van der Waals surface area contributed by atoms with E-state index in [9.17, 15) is 13.2 Å². The normalized spacial score (nSPS) is 11.5. The molecule has 0 N–H and O–H groups in total. The van der Waals surface area contributed by atoms with E-state index < -0.39 is 11.9 Å². The van der Waals surface area contributed by atoms with Crippen LogP contribution in [0.5, 0.6) is 5.75 Å². The van der Waals surface area contributed by atoms with Crippen molar-refractivity contribution in [1.82, 2.24) is 4.98 Å². The Morgan fingerprint density at radius 3 is 2.54 bits per heavy atom. The van der Waals surface area contributed by atoms with Gasteiger partial charge in [0, 0.05) is 12.3 Å². The van der Waals surface area contributed by atoms with Crippen molar-refractivity contribution < 1.29 is 17.9 Å². The van der Waals surface area contributed by atoms with Crippen molar-refractivity contribution in [3.05, 3.63) is 22.4 Å². The Bertz CT molecular complexity index is 313. The minimum absolute atomic E-state index is 0.113. The molecular formula is C7H5BrF3NO. The average molecular weight is 256 g/mol. The molecule has 0 aromatic carbocycles. The molecule has 0 radical (unpaired) electrons. The molecule has 1 heterocycles. The number of aromatic nitrogens is 1. The first-order valence-corrected chi connectivity index (χ1v) is 4.01. The SMILES string of the molecule is COc1cc(C(F)(F)F)ncc1Br. The van der Waals surface area contributed by atoms with Crippen LogP contribution in [0, 0.1) is 0 Å². The van der Waals surface area contributed by atoms with Crippen molar-refractivity contribution in [3.8, 4) is 5.75 Å². The molecule has 0 bridgehead atoms. The molecule has 0 spiro atoms. The molecule has 0 aliphatic carbocycles. The van der Waals surface area contributed by atoms with Crippen LogP contribution >= 0.6 is 15.9 Å². The monoisotopic (exact) mass is 255 g/mol. The first-order chi connectivity index (χ1) is 5.95. The van der Waals surface area contributed by atoms with Gasteiger partial charge in [0.05, 0.1) is 11.6 Å². The van der Waals surface area contributed by atoms with Gasteiger partial charge in [0.25, 0.3) is 0 Å². The lowest BCUT2D eigenvalue weighted by Crippen LogP contribution is -2.07. The topological polar surface area (TPSA) is 22.1 Å². The predicted molar refractivity (Wildman–Crippen MR) is 43.5 cm³/mol. The van der Waals surface area contributed by atoms with E-state index >= 15 is 0 Å². The lowest BCUT2D eigenvalue weighted by molar-refractivity contribution is -0.141. The summed E-state index contributed by atoms with van der Waals surface area (Å²) in [6.07, 6.45) is -3.38. The van der Waals surface area contributed by atoms with Crippen LogP contribution in [0.25, 0.3) is 0 Å². The second-order valence-corrected chi connectivity index (χ2v) is 3.06. The minimum Gasteiger partial charge on any atom is -0.495 e. The van der Waals surface area contributed by atoms with Crippen LogP contribution in [0.4, 0.5) is 13.2 Å². The number of nitrogens with zero attached hydrogens (tertiary/aromatic N) is 1. The summed E-state index contributed by atoms with van der Waals surface area (Å²) in [7, 11) is 1.29. The van der Waals surface area contributed by atoms with Gasteiger partial charge in [-0.25, -0.2) is 0 Å². The Morgan fingerprint density at radius 1 is 1.46 bits per heavy atom. The molecule has 6 heteroatoms. The molecule has 0 aliphatic rings. The minimum atomic E-state index is -4.44. The summed E-state index contributed by atoms with van der Waals surface area (Å²) in [6.45, 7) is 0. The number of ether oxygens (including phenoxy) is 1. The van der Waals surface area contributed by atoms with Gasteiger partial charge in [-0.15, -0.1) is 0 Å². The molecule has 1 rings (SSSR count). The Morgan fingerprint density at radius 2 is 2.08 bits per heavy atom. The van der Waals surface area contributed by atoms with Crippen molar-refractivity contribution in [1.29, 1.82) is 0 Å². The Hall–Kier alpha value is -0.780. The van der Waals surface area contributed by atoms with Crippen molar-refractivity contribution in [2.45, 2.75) is 6.18 Å². The molecule has 0 saturated heterocycles. The Balaban J connectivity index is 3.14. The van der Waals surface area contributed by atoms with Gasteiger partial charge >= 0.3 is 6.18 Å². The smallest absolute Gasteiger partial charge is 0.433 e. The summed E-state index contributed by atoms with van der Waals surface area (Å²) in [6, 6.07) is 0.837. The predicted octanol–water partition coefficient (Wildman–Crippen LogP) is 2.87. The lowest BCUT2D eigenvalue weighted by Gasteiger charge is -2.08. The van der Waals surface area contributed by atoms with Crippen LogP contribution in [0.2, 0.25) is 0 Å². The standard InChI is InChI=1S/C7H5BrF3NO/c1-13-5-2-6(7(9,10)11)12-3-4(5)8/h2-3H,1H3. The van der Waals surface area contributed by atoms with Gasteiger partial charge in [0.2, 0.25) is 0 Å². The number of rotatable bonds is 1. The molecule has 0 saturated carbocycles. The summed E-state index contributed by atoms with van der Waals surface area (Å²) in [5.41, 5.74) is -0.965. The van der Waals surface area contributed by atoms with E-state index in [0.29, 0.717) is 4.47 Å². The number of alkyl halides is 3. The number of hydrogen-bond acceptors (Lipinski definition) is 2. The van der Waals surface area contributed by atoms with E-state index in [1.54, 1.807) is 0 Å². The maximum Gasteiger partial charge on any atom is 0.433 e. The van der Waals surface area contributed by atoms with Gasteiger partial charge in [0.1, 0.15) is 11.4 Å². The Labute approximate surface area is 80.9 Å². The fourth-order valence-electron chi connectivity index (χ4n) is 0.732. The number of halogens is 4. The Kier molecular flexibility index (Phi) is 2.80. The third-order valence-corrected chi connectivity index (χ3v) is 1.93. The molecule has 0 fully saturated rings. The first kappa shape index (κ1) is 10.3. The first-order valence-electron chi connectivity index (χ1n) is 3.22. The highest BCUT2D eigenvalue weighted by molar-refractivity contribution is 9.10.